The molecule has 1 atom stereocenters. The van der Waals surface area contributed by atoms with E-state index < -0.39 is 0 Å². The number of halogens is 1. The van der Waals surface area contributed by atoms with E-state index >= 15 is 0 Å². The van der Waals surface area contributed by atoms with Crippen LogP contribution in [0, 0.1) is 11.7 Å². The van der Waals surface area contributed by atoms with E-state index in [1.54, 1.807) is 16.7 Å². The van der Waals surface area contributed by atoms with Crippen LogP contribution in [0.2, 0.25) is 0 Å². The maximum absolute atomic E-state index is 13.1. The first-order valence-corrected chi connectivity index (χ1v) is 8.47. The summed E-state index contributed by atoms with van der Waals surface area (Å²) in [6, 6.07) is 8.39. The molecular weight excluding hydrogens is 313 g/mol. The van der Waals surface area contributed by atoms with Crippen molar-refractivity contribution < 1.29 is 9.71 Å². The molecule has 4 nitrogen and oxygen atoms in total. The predicted molar refractivity (Wildman–Crippen MR) is 88.9 cm³/mol. The molecule has 0 saturated carbocycles. The number of hydrogen-bond acceptors (Lipinski definition) is 3. The Morgan fingerprint density at radius 3 is 2.74 bits per heavy atom. The topological polar surface area (TPSA) is 51.0 Å². The van der Waals surface area contributed by atoms with Crippen molar-refractivity contribution >= 4 is 16.3 Å². The van der Waals surface area contributed by atoms with Crippen LogP contribution < -0.4 is 10.9 Å². The smallest absolute Gasteiger partial charge is 0.258 e. The molecule has 0 bridgehead atoms. The maximum atomic E-state index is 13.1. The third kappa shape index (κ3) is 3.48. The zero-order valence-electron chi connectivity index (χ0n) is 13.1. The molecule has 0 unspecified atom stereocenters. The summed E-state index contributed by atoms with van der Waals surface area (Å²) in [5.74, 6) is 0.154. The van der Waals surface area contributed by atoms with Crippen molar-refractivity contribution in [3.05, 3.63) is 69.3 Å². The lowest BCUT2D eigenvalue weighted by Crippen LogP contribution is -2.84. The fourth-order valence-corrected chi connectivity index (χ4v) is 3.46. The molecule has 0 fully saturated rings. The molecule has 0 aliphatic rings. The van der Waals surface area contributed by atoms with E-state index in [0.29, 0.717) is 17.4 Å². The molecule has 1 aromatic carbocycles. The summed E-state index contributed by atoms with van der Waals surface area (Å²) >= 11 is 1.45. The zero-order valence-corrected chi connectivity index (χ0v) is 13.9. The van der Waals surface area contributed by atoms with Gasteiger partial charge >= 0.3 is 0 Å². The van der Waals surface area contributed by atoms with Gasteiger partial charge in [0.1, 0.15) is 24.1 Å². The van der Waals surface area contributed by atoms with Crippen molar-refractivity contribution in [2.75, 3.05) is 0 Å². The lowest BCUT2D eigenvalue weighted by molar-refractivity contribution is -0.717. The normalized spacial score (nSPS) is 12.9. The second-order valence-electron chi connectivity index (χ2n) is 5.90. The summed E-state index contributed by atoms with van der Waals surface area (Å²) in [5, 5.41) is 4.01. The van der Waals surface area contributed by atoms with Crippen molar-refractivity contribution in [2.45, 2.75) is 26.4 Å². The lowest BCUT2D eigenvalue weighted by Gasteiger charge is -2.19. The van der Waals surface area contributed by atoms with E-state index in [1.807, 2.05) is 17.5 Å². The molecule has 2 N–H and O–H groups in total. The van der Waals surface area contributed by atoms with Gasteiger partial charge in [-0.25, -0.2) is 9.37 Å². The van der Waals surface area contributed by atoms with Gasteiger partial charge in [-0.15, -0.1) is 11.3 Å². The maximum Gasteiger partial charge on any atom is 0.258 e. The molecule has 120 valence electrons. The molecule has 6 heteroatoms. The Bertz CT molecular complexity index is 854. The number of benzene rings is 1. The molecule has 2 heterocycles. The van der Waals surface area contributed by atoms with Crippen LogP contribution in [0.4, 0.5) is 4.39 Å². The van der Waals surface area contributed by atoms with Gasteiger partial charge in [0.15, 0.2) is 4.96 Å². The van der Waals surface area contributed by atoms with Gasteiger partial charge in [0, 0.05) is 29.1 Å². The van der Waals surface area contributed by atoms with E-state index in [9.17, 15) is 9.18 Å². The monoisotopic (exact) mass is 332 g/mol. The van der Waals surface area contributed by atoms with Crippen molar-refractivity contribution in [2.24, 2.45) is 5.92 Å². The van der Waals surface area contributed by atoms with Crippen molar-refractivity contribution in [3.63, 3.8) is 0 Å². The Labute approximate surface area is 137 Å². The van der Waals surface area contributed by atoms with Gasteiger partial charge in [-0.2, -0.15) is 0 Å². The van der Waals surface area contributed by atoms with Gasteiger partial charge in [-0.05, 0) is 12.1 Å². The summed E-state index contributed by atoms with van der Waals surface area (Å²) in [6.45, 7) is 4.88. The minimum absolute atomic E-state index is 0.0532. The summed E-state index contributed by atoms with van der Waals surface area (Å²) in [4.78, 5) is 17.3. The average molecular weight is 332 g/mol. The Morgan fingerprint density at radius 1 is 1.30 bits per heavy atom. The molecule has 0 amide bonds. The molecular formula is C17H19FN3OS+. The van der Waals surface area contributed by atoms with Crippen molar-refractivity contribution in [1.82, 2.24) is 9.38 Å². The number of nitrogens with two attached hydrogens (primary N) is 1. The van der Waals surface area contributed by atoms with Gasteiger partial charge in [0.05, 0.1) is 0 Å². The molecule has 2 aromatic heterocycles. The van der Waals surface area contributed by atoms with Crippen LogP contribution in [0.3, 0.4) is 0 Å². The molecule has 0 aliphatic heterocycles. The Hall–Kier alpha value is -2.05. The molecule has 0 radical (unpaired) electrons. The van der Waals surface area contributed by atoms with Crippen molar-refractivity contribution in [1.29, 1.82) is 0 Å². The van der Waals surface area contributed by atoms with E-state index in [2.05, 4.69) is 24.1 Å². The molecule has 0 saturated heterocycles. The number of thiazole rings is 1. The van der Waals surface area contributed by atoms with E-state index in [0.717, 1.165) is 11.3 Å². The van der Waals surface area contributed by atoms with Gasteiger partial charge in [-0.1, -0.05) is 26.0 Å². The highest BCUT2D eigenvalue weighted by Crippen LogP contribution is 2.18. The van der Waals surface area contributed by atoms with Gasteiger partial charge in [0.2, 0.25) is 0 Å². The number of rotatable bonds is 5. The number of quaternary nitrogens is 1. The SMILES string of the molecule is CC(C)[C@@H]([NH2+]Cc1cc(=O)n2ccsc2n1)c1ccc(F)cc1. The standard InChI is InChI=1S/C17H18FN3OS/c1-11(2)16(12-3-5-13(18)6-4-12)19-10-14-9-15(22)21-7-8-23-17(21)20-14/h3-9,11,16,19H,10H2,1-2H3/p+1/t16-/m1/s1. The number of hydrogen-bond donors (Lipinski definition) is 1. The average Bonchev–Trinajstić information content (AvgIpc) is 2.98. The van der Waals surface area contributed by atoms with Crippen LogP contribution in [0.15, 0.2) is 46.7 Å². The molecule has 23 heavy (non-hydrogen) atoms. The minimum atomic E-state index is -0.228. The molecule has 3 aromatic rings. The van der Waals surface area contributed by atoms with E-state index in [-0.39, 0.29) is 17.4 Å². The summed E-state index contributed by atoms with van der Waals surface area (Å²) < 4.78 is 14.7. The van der Waals surface area contributed by atoms with Gasteiger partial charge in [-0.3, -0.25) is 9.20 Å². The van der Waals surface area contributed by atoms with Crippen LogP contribution in [0.25, 0.3) is 4.96 Å². The summed E-state index contributed by atoms with van der Waals surface area (Å²) in [7, 11) is 0. The zero-order chi connectivity index (χ0) is 16.4. The first-order valence-electron chi connectivity index (χ1n) is 7.59. The number of nitrogens with zero attached hydrogens (tertiary/aromatic N) is 2. The highest BCUT2D eigenvalue weighted by atomic mass is 32.1. The molecule has 3 rings (SSSR count). The number of fused-ring (bicyclic) bond motifs is 1. The Balaban J connectivity index is 1.80. The lowest BCUT2D eigenvalue weighted by atomic mass is 9.96. The first-order chi connectivity index (χ1) is 11.0. The van der Waals surface area contributed by atoms with Crippen LogP contribution in [0.5, 0.6) is 0 Å². The minimum Gasteiger partial charge on any atom is -0.335 e. The summed E-state index contributed by atoms with van der Waals surface area (Å²) in [5.41, 5.74) is 1.79. The second kappa shape index (κ2) is 6.60. The van der Waals surface area contributed by atoms with Crippen LogP contribution >= 0.6 is 11.3 Å². The highest BCUT2D eigenvalue weighted by molar-refractivity contribution is 7.15. The predicted octanol–water partition coefficient (Wildman–Crippen LogP) is 2.36. The van der Waals surface area contributed by atoms with Crippen LogP contribution in [-0.4, -0.2) is 9.38 Å². The van der Waals surface area contributed by atoms with Crippen LogP contribution in [-0.2, 0) is 6.54 Å². The van der Waals surface area contributed by atoms with Crippen molar-refractivity contribution in [3.8, 4) is 0 Å². The Kier molecular flexibility index (Phi) is 4.54. The highest BCUT2D eigenvalue weighted by Gasteiger charge is 2.19. The van der Waals surface area contributed by atoms with E-state index in [1.165, 1.54) is 23.5 Å². The fourth-order valence-electron chi connectivity index (χ4n) is 2.72. The fraction of sp³-hybridized carbons (Fsp3) is 0.294. The third-order valence-electron chi connectivity index (χ3n) is 3.91. The quantitative estimate of drug-likeness (QED) is 0.780. The first kappa shape index (κ1) is 15.8. The number of aromatic nitrogens is 2. The largest absolute Gasteiger partial charge is 0.335 e. The van der Waals surface area contributed by atoms with Gasteiger partial charge < -0.3 is 5.32 Å². The van der Waals surface area contributed by atoms with E-state index in [4.69, 9.17) is 0 Å². The Morgan fingerprint density at radius 2 is 2.04 bits per heavy atom. The summed E-state index contributed by atoms with van der Waals surface area (Å²) in [6.07, 6.45) is 1.73. The van der Waals surface area contributed by atoms with Crippen LogP contribution in [0.1, 0.15) is 31.1 Å². The van der Waals surface area contributed by atoms with Gasteiger partial charge in [0.25, 0.3) is 5.56 Å². The third-order valence-corrected chi connectivity index (χ3v) is 4.67. The molecule has 0 aliphatic carbocycles. The molecule has 0 spiro atoms. The second-order valence-corrected chi connectivity index (χ2v) is 6.78.